The van der Waals surface area contributed by atoms with Gasteiger partial charge in [0, 0.05) is 6.54 Å². The Morgan fingerprint density at radius 1 is 1.00 bits per heavy atom. The monoisotopic (exact) mass is 155 g/mol. The van der Waals surface area contributed by atoms with Gasteiger partial charge >= 0.3 is 0 Å². The highest BCUT2D eigenvalue weighted by atomic mass is 14.5. The third-order valence-corrected chi connectivity index (χ3v) is 1.78. The van der Waals surface area contributed by atoms with Crippen LogP contribution in [-0.4, -0.2) is 6.54 Å². The van der Waals surface area contributed by atoms with E-state index < -0.39 is 0 Å². The van der Waals surface area contributed by atoms with Crippen LogP contribution in [0, 0.1) is 0 Å². The van der Waals surface area contributed by atoms with Gasteiger partial charge in [-0.25, -0.2) is 0 Å². The number of unbranched alkanes of at least 4 members (excludes halogenated alkanes) is 5. The van der Waals surface area contributed by atoms with Crippen LogP contribution >= 0.6 is 0 Å². The fourth-order valence-electron chi connectivity index (χ4n) is 1.08. The van der Waals surface area contributed by atoms with Gasteiger partial charge < -0.3 is 5.73 Å². The maximum atomic E-state index is 5.30. The van der Waals surface area contributed by atoms with E-state index in [1.54, 1.807) is 0 Å². The van der Waals surface area contributed by atoms with E-state index in [1.165, 1.54) is 38.5 Å². The molecule has 0 aromatic heterocycles. The molecule has 2 N–H and O–H groups in total. The molecular weight excluding hydrogens is 134 g/mol. The average molecular weight is 155 g/mol. The van der Waals surface area contributed by atoms with E-state index in [-0.39, 0.29) is 0 Å². The predicted octanol–water partition coefficient (Wildman–Crippen LogP) is 2.86. The van der Waals surface area contributed by atoms with E-state index in [9.17, 15) is 0 Å². The highest BCUT2D eigenvalue weighted by Gasteiger charge is 1.85. The first-order valence-electron chi connectivity index (χ1n) is 4.77. The minimum Gasteiger partial charge on any atom is -0.327 e. The molecule has 0 fully saturated rings. The molecule has 0 unspecified atom stereocenters. The minimum absolute atomic E-state index is 0.689. The Labute approximate surface area is 70.7 Å². The molecular formula is C10H21N. The zero-order valence-corrected chi connectivity index (χ0v) is 7.68. The standard InChI is InChI=1S/C10H21N/c1-2-3-4-5-6-7-8-9-10-11/h8-9H,2-7,10-11H2,1H3. The van der Waals surface area contributed by atoms with E-state index in [4.69, 9.17) is 5.73 Å². The fraction of sp³-hybridized carbons (Fsp3) is 0.800. The first kappa shape index (κ1) is 10.7. The highest BCUT2D eigenvalue weighted by Crippen LogP contribution is 2.04. The van der Waals surface area contributed by atoms with Crippen molar-refractivity contribution in [2.45, 2.75) is 45.4 Å². The summed E-state index contributed by atoms with van der Waals surface area (Å²) in [5.41, 5.74) is 5.30. The molecule has 0 aliphatic heterocycles. The fourth-order valence-corrected chi connectivity index (χ4v) is 1.08. The summed E-state index contributed by atoms with van der Waals surface area (Å²) in [4.78, 5) is 0. The first-order valence-corrected chi connectivity index (χ1v) is 4.77. The zero-order chi connectivity index (χ0) is 8.36. The molecule has 11 heavy (non-hydrogen) atoms. The maximum absolute atomic E-state index is 5.30. The van der Waals surface area contributed by atoms with Crippen LogP contribution in [0.1, 0.15) is 45.4 Å². The summed E-state index contributed by atoms with van der Waals surface area (Å²) in [7, 11) is 0. The molecule has 66 valence electrons. The quantitative estimate of drug-likeness (QED) is 0.444. The molecule has 0 rings (SSSR count). The van der Waals surface area contributed by atoms with E-state index in [0.717, 1.165) is 0 Å². The summed E-state index contributed by atoms with van der Waals surface area (Å²) in [5.74, 6) is 0. The Morgan fingerprint density at radius 2 is 1.73 bits per heavy atom. The summed E-state index contributed by atoms with van der Waals surface area (Å²) in [6.07, 6.45) is 12.3. The van der Waals surface area contributed by atoms with Crippen molar-refractivity contribution >= 4 is 0 Å². The number of hydrogen-bond acceptors (Lipinski definition) is 1. The van der Waals surface area contributed by atoms with Gasteiger partial charge in [-0.3, -0.25) is 0 Å². The molecule has 0 aromatic rings. The molecule has 0 saturated heterocycles. The zero-order valence-electron chi connectivity index (χ0n) is 7.68. The lowest BCUT2D eigenvalue weighted by atomic mass is 10.1. The topological polar surface area (TPSA) is 26.0 Å². The van der Waals surface area contributed by atoms with Crippen molar-refractivity contribution < 1.29 is 0 Å². The lowest BCUT2D eigenvalue weighted by molar-refractivity contribution is 0.637. The molecule has 1 heteroatoms. The summed E-state index contributed by atoms with van der Waals surface area (Å²) in [6.45, 7) is 2.93. The molecule has 0 radical (unpaired) electrons. The summed E-state index contributed by atoms with van der Waals surface area (Å²) in [6, 6.07) is 0. The van der Waals surface area contributed by atoms with Crippen LogP contribution in [0.5, 0.6) is 0 Å². The average Bonchev–Trinajstić information content (AvgIpc) is 2.03. The molecule has 0 heterocycles. The van der Waals surface area contributed by atoms with Crippen molar-refractivity contribution in [3.8, 4) is 0 Å². The van der Waals surface area contributed by atoms with Gasteiger partial charge in [-0.1, -0.05) is 44.8 Å². The Bertz CT molecular complexity index is 86.9. The van der Waals surface area contributed by atoms with Crippen molar-refractivity contribution in [3.63, 3.8) is 0 Å². The van der Waals surface area contributed by atoms with Gasteiger partial charge in [0.2, 0.25) is 0 Å². The largest absolute Gasteiger partial charge is 0.327 e. The summed E-state index contributed by atoms with van der Waals surface area (Å²) >= 11 is 0. The van der Waals surface area contributed by atoms with E-state index in [2.05, 4.69) is 13.0 Å². The SMILES string of the molecule is CCCCCCCC=CCN. The normalized spacial score (nSPS) is 11.1. The van der Waals surface area contributed by atoms with Gasteiger partial charge in [0.25, 0.3) is 0 Å². The highest BCUT2D eigenvalue weighted by molar-refractivity contribution is 4.81. The van der Waals surface area contributed by atoms with E-state index >= 15 is 0 Å². The lowest BCUT2D eigenvalue weighted by Crippen LogP contribution is -1.91. The minimum atomic E-state index is 0.689. The van der Waals surface area contributed by atoms with Gasteiger partial charge in [-0.05, 0) is 12.8 Å². The van der Waals surface area contributed by atoms with Crippen molar-refractivity contribution in [2.24, 2.45) is 5.73 Å². The van der Waals surface area contributed by atoms with Crippen molar-refractivity contribution in [1.29, 1.82) is 0 Å². The van der Waals surface area contributed by atoms with Gasteiger partial charge in [-0.15, -0.1) is 0 Å². The molecule has 0 atom stereocenters. The van der Waals surface area contributed by atoms with Crippen molar-refractivity contribution in [1.82, 2.24) is 0 Å². The second-order valence-corrected chi connectivity index (χ2v) is 2.91. The molecule has 0 spiro atoms. The number of hydrogen-bond donors (Lipinski definition) is 1. The van der Waals surface area contributed by atoms with Crippen LogP contribution in [0.3, 0.4) is 0 Å². The molecule has 0 bridgehead atoms. The van der Waals surface area contributed by atoms with Crippen LogP contribution in [0.4, 0.5) is 0 Å². The maximum Gasteiger partial charge on any atom is 0.0106 e. The molecule has 1 nitrogen and oxygen atoms in total. The number of allylic oxidation sites excluding steroid dienone is 1. The third-order valence-electron chi connectivity index (χ3n) is 1.78. The van der Waals surface area contributed by atoms with Crippen molar-refractivity contribution in [2.75, 3.05) is 6.54 Å². The molecule has 0 saturated carbocycles. The van der Waals surface area contributed by atoms with Crippen LogP contribution in [0.2, 0.25) is 0 Å². The van der Waals surface area contributed by atoms with Gasteiger partial charge in [0.1, 0.15) is 0 Å². The van der Waals surface area contributed by atoms with Crippen LogP contribution < -0.4 is 5.73 Å². The molecule has 0 amide bonds. The van der Waals surface area contributed by atoms with Crippen LogP contribution in [-0.2, 0) is 0 Å². The summed E-state index contributed by atoms with van der Waals surface area (Å²) in [5, 5.41) is 0. The van der Waals surface area contributed by atoms with Crippen LogP contribution in [0.15, 0.2) is 12.2 Å². The van der Waals surface area contributed by atoms with E-state index in [1.807, 2.05) is 6.08 Å². The van der Waals surface area contributed by atoms with Gasteiger partial charge in [0.15, 0.2) is 0 Å². The third kappa shape index (κ3) is 9.70. The Balaban J connectivity index is 2.85. The van der Waals surface area contributed by atoms with E-state index in [0.29, 0.717) is 6.54 Å². The predicted molar refractivity (Wildman–Crippen MR) is 51.6 cm³/mol. The van der Waals surface area contributed by atoms with Gasteiger partial charge in [-0.2, -0.15) is 0 Å². The Kier molecular flexibility index (Phi) is 9.44. The smallest absolute Gasteiger partial charge is 0.0106 e. The Morgan fingerprint density at radius 3 is 2.36 bits per heavy atom. The number of nitrogens with two attached hydrogens (primary N) is 1. The van der Waals surface area contributed by atoms with Crippen molar-refractivity contribution in [3.05, 3.63) is 12.2 Å². The lowest BCUT2D eigenvalue weighted by Gasteiger charge is -1.95. The second-order valence-electron chi connectivity index (χ2n) is 2.91. The van der Waals surface area contributed by atoms with Gasteiger partial charge in [0.05, 0.1) is 0 Å². The summed E-state index contributed by atoms with van der Waals surface area (Å²) < 4.78 is 0. The number of rotatable bonds is 7. The second kappa shape index (κ2) is 9.70. The first-order chi connectivity index (χ1) is 5.41. The molecule has 0 aliphatic rings. The Hall–Kier alpha value is -0.300. The van der Waals surface area contributed by atoms with Crippen LogP contribution in [0.25, 0.3) is 0 Å². The molecule has 0 aliphatic carbocycles. The molecule has 0 aromatic carbocycles.